The first kappa shape index (κ1) is 23.8. The van der Waals surface area contributed by atoms with Gasteiger partial charge in [-0.1, -0.05) is 30.3 Å². The number of aliphatic hydroxyl groups excluding tert-OH is 1. The van der Waals surface area contributed by atoms with E-state index in [1.165, 1.54) is 11.8 Å². The third-order valence-electron chi connectivity index (χ3n) is 3.39. The van der Waals surface area contributed by atoms with Gasteiger partial charge in [0, 0.05) is 11.5 Å². The molecule has 0 aromatic heterocycles. The van der Waals surface area contributed by atoms with Crippen LogP contribution in [0.2, 0.25) is 0 Å². The van der Waals surface area contributed by atoms with E-state index >= 15 is 0 Å². The fourth-order valence-corrected chi connectivity index (χ4v) is 3.11. The molecule has 1 rings (SSSR count). The van der Waals surface area contributed by atoms with Gasteiger partial charge in [0.25, 0.3) is 0 Å². The van der Waals surface area contributed by atoms with Gasteiger partial charge in [-0.15, -0.1) is 0 Å². The number of rotatable bonds is 9. The van der Waals surface area contributed by atoms with Crippen molar-refractivity contribution in [3.8, 4) is 0 Å². The van der Waals surface area contributed by atoms with Crippen molar-refractivity contribution in [2.45, 2.75) is 44.2 Å². The molecule has 9 heteroatoms. The number of esters is 1. The van der Waals surface area contributed by atoms with Crippen molar-refractivity contribution in [1.82, 2.24) is 10.6 Å². The number of benzene rings is 1. The SMILES string of the molecule is COC(=O)[C@H](CO)NC(=O)[C@@H](CSCc1ccccc1)NC(=O)OC(C)(C)C. The lowest BCUT2D eigenvalue weighted by atomic mass is 10.2. The number of thioether (sulfide) groups is 1. The van der Waals surface area contributed by atoms with Crippen molar-refractivity contribution in [2.24, 2.45) is 0 Å². The lowest BCUT2D eigenvalue weighted by molar-refractivity contribution is -0.146. The molecule has 0 unspecified atom stereocenters. The maximum atomic E-state index is 12.6. The summed E-state index contributed by atoms with van der Waals surface area (Å²) in [4.78, 5) is 36.2. The smallest absolute Gasteiger partial charge is 0.408 e. The molecule has 0 fully saturated rings. The van der Waals surface area contributed by atoms with Gasteiger partial charge in [0.2, 0.25) is 5.91 Å². The maximum absolute atomic E-state index is 12.6. The number of aliphatic hydroxyl groups is 1. The molecular weight excluding hydrogens is 384 g/mol. The van der Waals surface area contributed by atoms with Gasteiger partial charge in [-0.05, 0) is 26.3 Å². The van der Waals surface area contributed by atoms with E-state index in [1.807, 2.05) is 30.3 Å². The Morgan fingerprint density at radius 1 is 1.11 bits per heavy atom. The standard InChI is InChI=1S/C19H28N2O6S/c1-19(2,3)27-18(25)21-15(12-28-11-13-8-6-5-7-9-13)16(23)20-14(10-22)17(24)26-4/h5-9,14-15,22H,10-12H2,1-4H3,(H,20,23)(H,21,25)/t14-,15+/m0/s1. The zero-order chi connectivity index (χ0) is 21.2. The van der Waals surface area contributed by atoms with Crippen LogP contribution in [0.5, 0.6) is 0 Å². The molecular formula is C19H28N2O6S. The first-order valence-electron chi connectivity index (χ1n) is 8.76. The molecule has 1 aromatic rings. The molecule has 0 heterocycles. The molecule has 0 saturated carbocycles. The molecule has 0 aliphatic rings. The maximum Gasteiger partial charge on any atom is 0.408 e. The number of methoxy groups -OCH3 is 1. The summed E-state index contributed by atoms with van der Waals surface area (Å²) < 4.78 is 9.74. The minimum atomic E-state index is -1.21. The van der Waals surface area contributed by atoms with E-state index in [4.69, 9.17) is 4.74 Å². The van der Waals surface area contributed by atoms with E-state index in [-0.39, 0.29) is 5.75 Å². The molecule has 3 N–H and O–H groups in total. The molecule has 0 aliphatic heterocycles. The quantitative estimate of drug-likeness (QED) is 0.526. The molecule has 1 aromatic carbocycles. The Hall–Kier alpha value is -2.26. The predicted octanol–water partition coefficient (Wildman–Crippen LogP) is 1.46. The monoisotopic (exact) mass is 412 g/mol. The summed E-state index contributed by atoms with van der Waals surface area (Å²) in [6, 6.07) is 7.51. The average Bonchev–Trinajstić information content (AvgIpc) is 2.63. The van der Waals surface area contributed by atoms with Crippen molar-refractivity contribution in [1.29, 1.82) is 0 Å². The predicted molar refractivity (Wildman–Crippen MR) is 107 cm³/mol. The molecule has 0 radical (unpaired) electrons. The fourth-order valence-electron chi connectivity index (χ4n) is 2.10. The van der Waals surface area contributed by atoms with Crippen molar-refractivity contribution in [3.63, 3.8) is 0 Å². The van der Waals surface area contributed by atoms with E-state index < -0.39 is 42.3 Å². The van der Waals surface area contributed by atoms with Crippen LogP contribution in [0.1, 0.15) is 26.3 Å². The number of amides is 2. The first-order chi connectivity index (χ1) is 13.2. The second kappa shape index (κ2) is 11.6. The molecule has 28 heavy (non-hydrogen) atoms. The van der Waals surface area contributed by atoms with Crippen LogP contribution >= 0.6 is 11.8 Å². The summed E-state index contributed by atoms with van der Waals surface area (Å²) in [5, 5.41) is 14.2. The van der Waals surface area contributed by atoms with Gasteiger partial charge in [0.1, 0.15) is 11.6 Å². The van der Waals surface area contributed by atoms with Gasteiger partial charge in [0.05, 0.1) is 13.7 Å². The highest BCUT2D eigenvalue weighted by Gasteiger charge is 2.28. The largest absolute Gasteiger partial charge is 0.467 e. The molecule has 156 valence electrons. The van der Waals surface area contributed by atoms with Crippen LogP contribution in [0.4, 0.5) is 4.79 Å². The molecule has 8 nitrogen and oxygen atoms in total. The second-order valence-electron chi connectivity index (χ2n) is 6.97. The molecule has 0 spiro atoms. The summed E-state index contributed by atoms with van der Waals surface area (Å²) in [6.07, 6.45) is -0.744. The lowest BCUT2D eigenvalue weighted by Gasteiger charge is -2.24. The number of hydrogen-bond acceptors (Lipinski definition) is 7. The van der Waals surface area contributed by atoms with Gasteiger partial charge in [-0.3, -0.25) is 4.79 Å². The molecule has 0 bridgehead atoms. The van der Waals surface area contributed by atoms with Crippen LogP contribution in [0.15, 0.2) is 30.3 Å². The minimum absolute atomic E-state index is 0.249. The van der Waals surface area contributed by atoms with Crippen molar-refractivity contribution in [2.75, 3.05) is 19.5 Å². The van der Waals surface area contributed by atoms with E-state index in [0.717, 1.165) is 12.7 Å². The third kappa shape index (κ3) is 9.09. The van der Waals surface area contributed by atoms with Crippen molar-refractivity contribution in [3.05, 3.63) is 35.9 Å². The third-order valence-corrected chi connectivity index (χ3v) is 4.49. The summed E-state index contributed by atoms with van der Waals surface area (Å²) >= 11 is 1.44. The molecule has 2 atom stereocenters. The Morgan fingerprint density at radius 3 is 2.29 bits per heavy atom. The van der Waals surface area contributed by atoms with Gasteiger partial charge in [0.15, 0.2) is 6.04 Å². The Kier molecular flexibility index (Phi) is 9.81. The minimum Gasteiger partial charge on any atom is -0.467 e. The van der Waals surface area contributed by atoms with Crippen LogP contribution < -0.4 is 10.6 Å². The number of alkyl carbamates (subject to hydrolysis) is 1. The van der Waals surface area contributed by atoms with E-state index in [9.17, 15) is 19.5 Å². The van der Waals surface area contributed by atoms with Gasteiger partial charge in [-0.25, -0.2) is 9.59 Å². The highest BCUT2D eigenvalue weighted by Crippen LogP contribution is 2.14. The average molecular weight is 413 g/mol. The highest BCUT2D eigenvalue weighted by atomic mass is 32.2. The lowest BCUT2D eigenvalue weighted by Crippen LogP contribution is -2.54. The van der Waals surface area contributed by atoms with E-state index in [0.29, 0.717) is 5.75 Å². The Bertz CT molecular complexity index is 648. The van der Waals surface area contributed by atoms with Crippen LogP contribution in [-0.4, -0.2) is 60.2 Å². The number of nitrogens with one attached hydrogen (secondary N) is 2. The van der Waals surface area contributed by atoms with Gasteiger partial charge < -0.3 is 25.2 Å². The second-order valence-corrected chi connectivity index (χ2v) is 8.00. The summed E-state index contributed by atoms with van der Waals surface area (Å²) in [6.45, 7) is 4.52. The Morgan fingerprint density at radius 2 is 1.75 bits per heavy atom. The van der Waals surface area contributed by atoms with E-state index in [2.05, 4.69) is 15.4 Å². The summed E-state index contributed by atoms with van der Waals surface area (Å²) in [5.74, 6) is -0.500. The zero-order valence-corrected chi connectivity index (χ0v) is 17.4. The molecule has 0 saturated heterocycles. The first-order valence-corrected chi connectivity index (χ1v) is 9.92. The summed E-state index contributed by atoms with van der Waals surface area (Å²) in [7, 11) is 1.16. The Balaban J connectivity index is 2.76. The van der Waals surface area contributed by atoms with Crippen LogP contribution in [0.25, 0.3) is 0 Å². The number of hydrogen-bond donors (Lipinski definition) is 3. The number of carbonyl (C=O) groups is 3. The van der Waals surface area contributed by atoms with Crippen LogP contribution in [0.3, 0.4) is 0 Å². The number of ether oxygens (including phenoxy) is 2. The summed E-state index contributed by atoms with van der Waals surface area (Å²) in [5.41, 5.74) is 0.355. The topological polar surface area (TPSA) is 114 Å². The van der Waals surface area contributed by atoms with Gasteiger partial charge >= 0.3 is 12.1 Å². The normalized spacial score (nSPS) is 13.2. The van der Waals surface area contributed by atoms with E-state index in [1.54, 1.807) is 20.8 Å². The molecule has 2 amide bonds. The van der Waals surface area contributed by atoms with Gasteiger partial charge in [-0.2, -0.15) is 11.8 Å². The van der Waals surface area contributed by atoms with Crippen LogP contribution in [0, 0.1) is 0 Å². The highest BCUT2D eigenvalue weighted by molar-refractivity contribution is 7.98. The number of carbonyl (C=O) groups excluding carboxylic acids is 3. The Labute approximate surface area is 169 Å². The zero-order valence-electron chi connectivity index (χ0n) is 16.6. The molecule has 0 aliphatic carbocycles. The van der Waals surface area contributed by atoms with Crippen molar-refractivity contribution >= 4 is 29.7 Å². The van der Waals surface area contributed by atoms with Crippen LogP contribution in [-0.2, 0) is 24.8 Å². The van der Waals surface area contributed by atoms with Crippen molar-refractivity contribution < 1.29 is 29.0 Å². The fraction of sp³-hybridized carbons (Fsp3) is 0.526.